The number of rotatable bonds is 6. The third-order valence-electron chi connectivity index (χ3n) is 3.57. The maximum Gasteiger partial charge on any atom is 0.319 e. The molecule has 25 heavy (non-hydrogen) atoms. The van der Waals surface area contributed by atoms with Gasteiger partial charge in [-0.1, -0.05) is 18.2 Å². The number of nitro benzene ring substituents is 1. The number of para-hydroxylation sites is 1. The number of ether oxygens (including phenoxy) is 1. The Morgan fingerprint density at radius 1 is 1.20 bits per heavy atom. The molecule has 0 heterocycles. The Labute approximate surface area is 144 Å². The van der Waals surface area contributed by atoms with Crippen molar-refractivity contribution in [3.05, 3.63) is 58.6 Å². The first kappa shape index (κ1) is 18.1. The van der Waals surface area contributed by atoms with Gasteiger partial charge in [0, 0.05) is 6.07 Å². The van der Waals surface area contributed by atoms with Gasteiger partial charge in [-0.2, -0.15) is 0 Å². The van der Waals surface area contributed by atoms with E-state index in [1.54, 1.807) is 6.92 Å². The molecule has 2 aromatic carbocycles. The number of amides is 2. The lowest BCUT2D eigenvalue weighted by molar-refractivity contribution is -0.384. The van der Waals surface area contributed by atoms with E-state index in [0.717, 1.165) is 6.07 Å². The van der Waals surface area contributed by atoms with Gasteiger partial charge in [-0.05, 0) is 32.0 Å². The lowest BCUT2D eigenvalue weighted by Crippen LogP contribution is -2.44. The Bertz CT molecular complexity index is 751. The van der Waals surface area contributed by atoms with Crippen LogP contribution >= 0.6 is 0 Å². The molecule has 2 amide bonds. The highest BCUT2D eigenvalue weighted by atomic mass is 16.6. The monoisotopic (exact) mass is 345 g/mol. The highest BCUT2D eigenvalue weighted by Crippen LogP contribution is 2.27. The minimum atomic E-state index is -0.631. The number of nitrogens with one attached hydrogen (secondary N) is 2. The molecule has 8 heteroatoms. The van der Waals surface area contributed by atoms with Crippen LogP contribution < -0.4 is 15.4 Å². The van der Waals surface area contributed by atoms with Crippen molar-refractivity contribution in [2.24, 2.45) is 0 Å². The third-order valence-corrected chi connectivity index (χ3v) is 3.57. The normalized spacial score (nSPS) is 12.7. The number of hydrogen-bond donors (Lipinski definition) is 3. The second kappa shape index (κ2) is 8.00. The van der Waals surface area contributed by atoms with E-state index >= 15 is 0 Å². The first-order valence-electron chi connectivity index (χ1n) is 7.63. The van der Waals surface area contributed by atoms with Crippen LogP contribution in [0.15, 0.2) is 48.5 Å². The van der Waals surface area contributed by atoms with Gasteiger partial charge >= 0.3 is 6.03 Å². The van der Waals surface area contributed by atoms with E-state index in [4.69, 9.17) is 4.74 Å². The minimum Gasteiger partial charge on any atom is -0.506 e. The summed E-state index contributed by atoms with van der Waals surface area (Å²) >= 11 is 0. The largest absolute Gasteiger partial charge is 0.506 e. The van der Waals surface area contributed by atoms with Crippen LogP contribution in [0.5, 0.6) is 11.5 Å². The summed E-state index contributed by atoms with van der Waals surface area (Å²) in [6.45, 7) is 3.60. The fourth-order valence-corrected chi connectivity index (χ4v) is 2.04. The van der Waals surface area contributed by atoms with Crippen molar-refractivity contribution in [1.82, 2.24) is 5.32 Å². The SMILES string of the molecule is CC(NC(=O)Nc1ccc([N+](=O)[O-])cc1O)C(C)Oc1ccccc1. The molecule has 2 atom stereocenters. The number of aromatic hydroxyl groups is 1. The number of anilines is 1. The van der Waals surface area contributed by atoms with E-state index < -0.39 is 11.0 Å². The topological polar surface area (TPSA) is 114 Å². The fraction of sp³-hybridized carbons (Fsp3) is 0.235. The average Bonchev–Trinajstić information content (AvgIpc) is 2.57. The molecule has 132 valence electrons. The quantitative estimate of drug-likeness (QED) is 0.422. The predicted octanol–water partition coefficient (Wildman–Crippen LogP) is 3.28. The number of hydrogen-bond acceptors (Lipinski definition) is 5. The van der Waals surface area contributed by atoms with Crippen molar-refractivity contribution in [2.75, 3.05) is 5.32 Å². The summed E-state index contributed by atoms with van der Waals surface area (Å²) in [4.78, 5) is 22.0. The number of carbonyl (C=O) groups is 1. The van der Waals surface area contributed by atoms with Crippen LogP contribution in [-0.2, 0) is 0 Å². The van der Waals surface area contributed by atoms with Crippen molar-refractivity contribution in [1.29, 1.82) is 0 Å². The molecule has 0 fully saturated rings. The second-order valence-electron chi connectivity index (χ2n) is 5.48. The lowest BCUT2D eigenvalue weighted by Gasteiger charge is -2.23. The molecule has 0 aliphatic carbocycles. The molecule has 2 unspecified atom stereocenters. The van der Waals surface area contributed by atoms with Gasteiger partial charge in [-0.15, -0.1) is 0 Å². The van der Waals surface area contributed by atoms with E-state index in [0.29, 0.717) is 5.75 Å². The van der Waals surface area contributed by atoms with Gasteiger partial charge < -0.3 is 20.5 Å². The summed E-state index contributed by atoms with van der Waals surface area (Å²) in [5.74, 6) is 0.308. The van der Waals surface area contributed by atoms with Crippen LogP contribution in [0.4, 0.5) is 16.2 Å². The summed E-state index contributed by atoms with van der Waals surface area (Å²) in [7, 11) is 0. The Morgan fingerprint density at radius 3 is 2.48 bits per heavy atom. The van der Waals surface area contributed by atoms with Crippen molar-refractivity contribution >= 4 is 17.4 Å². The predicted molar refractivity (Wildman–Crippen MR) is 92.9 cm³/mol. The smallest absolute Gasteiger partial charge is 0.319 e. The Morgan fingerprint density at radius 2 is 1.88 bits per heavy atom. The van der Waals surface area contributed by atoms with Crippen molar-refractivity contribution in [3.8, 4) is 11.5 Å². The summed E-state index contributed by atoms with van der Waals surface area (Å²) in [6.07, 6.45) is -0.293. The number of urea groups is 1. The molecule has 3 N–H and O–H groups in total. The highest BCUT2D eigenvalue weighted by Gasteiger charge is 2.18. The molecule has 0 spiro atoms. The minimum absolute atomic E-state index is 0.0759. The molecular formula is C17H19N3O5. The standard InChI is InChI=1S/C17H19N3O5/c1-11(12(2)25-14-6-4-3-5-7-14)18-17(22)19-15-9-8-13(20(23)24)10-16(15)21/h3-12,21H,1-2H3,(H2,18,19,22). The fourth-order valence-electron chi connectivity index (χ4n) is 2.04. The van der Waals surface area contributed by atoms with Gasteiger partial charge in [0.05, 0.1) is 22.7 Å². The van der Waals surface area contributed by atoms with E-state index in [1.165, 1.54) is 12.1 Å². The van der Waals surface area contributed by atoms with Crippen molar-refractivity contribution in [3.63, 3.8) is 0 Å². The van der Waals surface area contributed by atoms with Gasteiger partial charge in [-0.3, -0.25) is 10.1 Å². The maximum absolute atomic E-state index is 12.0. The number of phenolic OH excluding ortho intramolecular Hbond substituents is 1. The Balaban J connectivity index is 1.92. The second-order valence-corrected chi connectivity index (χ2v) is 5.48. The molecule has 0 radical (unpaired) electrons. The number of carbonyl (C=O) groups excluding carboxylic acids is 1. The van der Waals surface area contributed by atoms with Gasteiger partial charge in [-0.25, -0.2) is 4.79 Å². The molecule has 0 saturated carbocycles. The molecular weight excluding hydrogens is 326 g/mol. The number of non-ortho nitro benzene ring substituents is 1. The first-order valence-corrected chi connectivity index (χ1v) is 7.63. The zero-order valence-electron chi connectivity index (χ0n) is 13.8. The zero-order chi connectivity index (χ0) is 18.4. The lowest BCUT2D eigenvalue weighted by atomic mass is 10.2. The van der Waals surface area contributed by atoms with Gasteiger partial charge in [0.15, 0.2) is 0 Å². The van der Waals surface area contributed by atoms with Crippen LogP contribution in [0.25, 0.3) is 0 Å². The van der Waals surface area contributed by atoms with Crippen LogP contribution in [0.3, 0.4) is 0 Å². The maximum atomic E-state index is 12.0. The van der Waals surface area contributed by atoms with Gasteiger partial charge in [0.25, 0.3) is 5.69 Å². The number of phenols is 1. The zero-order valence-corrected chi connectivity index (χ0v) is 13.8. The van der Waals surface area contributed by atoms with Crippen molar-refractivity contribution in [2.45, 2.75) is 26.0 Å². The molecule has 2 rings (SSSR count). The summed E-state index contributed by atoms with van der Waals surface area (Å²) in [6, 6.07) is 11.8. The summed E-state index contributed by atoms with van der Waals surface area (Å²) in [5, 5.41) is 25.5. The number of nitro groups is 1. The van der Waals surface area contributed by atoms with E-state index in [1.807, 2.05) is 37.3 Å². The molecule has 8 nitrogen and oxygen atoms in total. The van der Waals surface area contributed by atoms with E-state index in [-0.39, 0.29) is 29.3 Å². The molecule has 0 saturated heterocycles. The molecule has 0 aliphatic heterocycles. The van der Waals surface area contributed by atoms with Crippen LogP contribution in [0.1, 0.15) is 13.8 Å². The van der Waals surface area contributed by atoms with Crippen LogP contribution in [-0.4, -0.2) is 28.2 Å². The Hall–Kier alpha value is -3.29. The number of benzene rings is 2. The van der Waals surface area contributed by atoms with E-state index in [9.17, 15) is 20.0 Å². The van der Waals surface area contributed by atoms with Crippen LogP contribution in [0.2, 0.25) is 0 Å². The Kier molecular flexibility index (Phi) is 5.78. The number of nitrogens with zero attached hydrogens (tertiary/aromatic N) is 1. The molecule has 0 aliphatic rings. The first-order chi connectivity index (χ1) is 11.9. The average molecular weight is 345 g/mol. The summed E-state index contributed by atoms with van der Waals surface area (Å²) < 4.78 is 5.73. The highest BCUT2D eigenvalue weighted by molar-refractivity contribution is 5.91. The van der Waals surface area contributed by atoms with E-state index in [2.05, 4.69) is 10.6 Å². The third kappa shape index (κ3) is 5.10. The molecule has 0 aromatic heterocycles. The van der Waals surface area contributed by atoms with Gasteiger partial charge in [0.2, 0.25) is 0 Å². The van der Waals surface area contributed by atoms with Crippen molar-refractivity contribution < 1.29 is 19.6 Å². The molecule has 2 aromatic rings. The van der Waals surface area contributed by atoms with Gasteiger partial charge in [0.1, 0.15) is 17.6 Å². The molecule has 0 bridgehead atoms. The summed E-state index contributed by atoms with van der Waals surface area (Å²) in [5.41, 5.74) is -0.186. The van der Waals surface area contributed by atoms with Crippen LogP contribution in [0, 0.1) is 10.1 Å².